The van der Waals surface area contributed by atoms with Gasteiger partial charge >= 0.3 is 17.9 Å². The van der Waals surface area contributed by atoms with Gasteiger partial charge in [-0.1, -0.05) is 6.07 Å². The third-order valence-corrected chi connectivity index (χ3v) is 2.20. The summed E-state index contributed by atoms with van der Waals surface area (Å²) in [5.41, 5.74) is 2.48. The molecule has 1 aromatic heterocycles. The number of nitrogens with zero attached hydrogens (tertiary/aromatic N) is 1. The normalized spacial score (nSPS) is 9.61. The first-order valence-corrected chi connectivity index (χ1v) is 5.68. The molecule has 8 N–H and O–H groups in total. The Morgan fingerprint density at radius 1 is 1.04 bits per heavy atom. The van der Waals surface area contributed by atoms with Crippen molar-refractivity contribution in [1.82, 2.24) is 4.98 Å². The van der Waals surface area contributed by atoms with E-state index in [0.717, 1.165) is 0 Å². The SMILES string of the molecule is NC(=O)c1ccccn1.O.O=C(O)CC(O)(CC(=O)O)C(=O)O. The van der Waals surface area contributed by atoms with Crippen LogP contribution in [0.5, 0.6) is 0 Å². The van der Waals surface area contributed by atoms with Crippen LogP contribution in [0.15, 0.2) is 24.4 Å². The number of nitrogens with two attached hydrogens (primary N) is 1. The molecule has 23 heavy (non-hydrogen) atoms. The fraction of sp³-hybridized carbons (Fsp3) is 0.250. The molecule has 128 valence electrons. The van der Waals surface area contributed by atoms with E-state index < -0.39 is 42.3 Å². The van der Waals surface area contributed by atoms with Gasteiger partial charge in [0.15, 0.2) is 5.60 Å². The fourth-order valence-corrected chi connectivity index (χ4v) is 1.22. The smallest absolute Gasteiger partial charge is 0.336 e. The Hall–Kier alpha value is -3.05. The highest BCUT2D eigenvalue weighted by Gasteiger charge is 2.40. The third-order valence-electron chi connectivity index (χ3n) is 2.20. The van der Waals surface area contributed by atoms with Gasteiger partial charge in [-0.3, -0.25) is 19.4 Å². The number of aliphatic hydroxyl groups is 1. The van der Waals surface area contributed by atoms with Gasteiger partial charge in [0.2, 0.25) is 0 Å². The van der Waals surface area contributed by atoms with Crippen LogP contribution in [-0.2, 0) is 14.4 Å². The summed E-state index contributed by atoms with van der Waals surface area (Å²) in [5.74, 6) is -5.51. The molecule has 1 rings (SSSR count). The van der Waals surface area contributed by atoms with E-state index in [1.807, 2.05) is 0 Å². The lowest BCUT2D eigenvalue weighted by Crippen LogP contribution is -2.42. The molecule has 0 radical (unpaired) electrons. The standard InChI is InChI=1S/C6H6N2O.C6H8O7.H2O/c7-6(9)5-3-1-2-4-8-5;7-3(8)1-6(13,5(11)12)2-4(9)10;/h1-4H,(H2,7,9);13H,1-2H2,(H,7,8)(H,9,10)(H,11,12);1H2. The quantitative estimate of drug-likeness (QED) is 0.392. The lowest BCUT2D eigenvalue weighted by atomic mass is 9.96. The molecular formula is C12H16N2O9. The van der Waals surface area contributed by atoms with Crippen molar-refractivity contribution in [2.45, 2.75) is 18.4 Å². The number of carbonyl (C=O) groups excluding carboxylic acids is 1. The second kappa shape index (κ2) is 9.81. The fourth-order valence-electron chi connectivity index (χ4n) is 1.22. The Morgan fingerprint density at radius 2 is 1.52 bits per heavy atom. The molecular weight excluding hydrogens is 316 g/mol. The van der Waals surface area contributed by atoms with Crippen LogP contribution in [0.3, 0.4) is 0 Å². The molecule has 1 amide bonds. The van der Waals surface area contributed by atoms with E-state index in [-0.39, 0.29) is 5.48 Å². The predicted molar refractivity (Wildman–Crippen MR) is 73.5 cm³/mol. The first-order valence-electron chi connectivity index (χ1n) is 5.68. The molecule has 0 aromatic carbocycles. The third kappa shape index (κ3) is 8.75. The maximum atomic E-state index is 10.4. The first kappa shape index (κ1) is 22.2. The van der Waals surface area contributed by atoms with Crippen molar-refractivity contribution in [1.29, 1.82) is 0 Å². The highest BCUT2D eigenvalue weighted by Crippen LogP contribution is 2.15. The second-order valence-electron chi connectivity index (χ2n) is 4.06. The summed E-state index contributed by atoms with van der Waals surface area (Å²) < 4.78 is 0. The topological polar surface area (TPSA) is 220 Å². The summed E-state index contributed by atoms with van der Waals surface area (Å²) in [6.45, 7) is 0. The zero-order chi connectivity index (χ0) is 17.3. The molecule has 0 bridgehead atoms. The molecule has 1 aromatic rings. The number of aliphatic carboxylic acids is 3. The van der Waals surface area contributed by atoms with E-state index in [0.29, 0.717) is 5.69 Å². The van der Waals surface area contributed by atoms with Gasteiger partial charge in [-0.25, -0.2) is 4.79 Å². The summed E-state index contributed by atoms with van der Waals surface area (Å²) in [5, 5.41) is 33.8. The molecule has 11 heteroatoms. The number of hydrogen-bond donors (Lipinski definition) is 5. The van der Waals surface area contributed by atoms with Gasteiger partial charge in [0, 0.05) is 6.20 Å². The number of amides is 1. The number of carboxylic acids is 3. The van der Waals surface area contributed by atoms with Crippen LogP contribution >= 0.6 is 0 Å². The van der Waals surface area contributed by atoms with Gasteiger partial charge in [0.1, 0.15) is 5.69 Å². The Kier molecular flexibility index (Phi) is 9.48. The molecule has 0 aliphatic rings. The van der Waals surface area contributed by atoms with Crippen LogP contribution in [0, 0.1) is 0 Å². The van der Waals surface area contributed by atoms with E-state index in [2.05, 4.69) is 4.98 Å². The van der Waals surface area contributed by atoms with Gasteiger partial charge in [0.05, 0.1) is 12.8 Å². The Morgan fingerprint density at radius 3 is 1.74 bits per heavy atom. The van der Waals surface area contributed by atoms with Crippen LogP contribution in [-0.4, -0.2) is 60.3 Å². The number of hydrogen-bond acceptors (Lipinski definition) is 6. The summed E-state index contributed by atoms with van der Waals surface area (Å²) >= 11 is 0. The first-order chi connectivity index (χ1) is 10.1. The summed E-state index contributed by atoms with van der Waals surface area (Å²) in [6, 6.07) is 5.02. The number of pyridine rings is 1. The lowest BCUT2D eigenvalue weighted by Gasteiger charge is -2.18. The maximum absolute atomic E-state index is 10.4. The Labute approximate surface area is 129 Å². The van der Waals surface area contributed by atoms with Crippen molar-refractivity contribution in [3.8, 4) is 0 Å². The van der Waals surface area contributed by atoms with Crippen LogP contribution in [0.4, 0.5) is 0 Å². The molecule has 1 heterocycles. The minimum Gasteiger partial charge on any atom is -0.481 e. The van der Waals surface area contributed by atoms with Crippen molar-refractivity contribution < 1.29 is 45.1 Å². The van der Waals surface area contributed by atoms with Crippen molar-refractivity contribution in [2.24, 2.45) is 5.73 Å². The highest BCUT2D eigenvalue weighted by molar-refractivity contribution is 5.90. The van der Waals surface area contributed by atoms with Crippen LogP contribution in [0.1, 0.15) is 23.3 Å². The number of carboxylic acid groups (broad SMARTS) is 3. The van der Waals surface area contributed by atoms with Gasteiger partial charge in [-0.15, -0.1) is 0 Å². The molecule has 0 saturated heterocycles. The minimum atomic E-state index is -2.74. The van der Waals surface area contributed by atoms with E-state index in [1.165, 1.54) is 6.20 Å². The van der Waals surface area contributed by atoms with E-state index in [4.69, 9.17) is 26.2 Å². The van der Waals surface area contributed by atoms with Crippen molar-refractivity contribution in [3.63, 3.8) is 0 Å². The second-order valence-corrected chi connectivity index (χ2v) is 4.06. The van der Waals surface area contributed by atoms with E-state index in [9.17, 15) is 19.2 Å². The molecule has 0 unspecified atom stereocenters. The molecule has 0 saturated carbocycles. The zero-order valence-electron chi connectivity index (χ0n) is 11.7. The Balaban J connectivity index is 0. The number of aromatic nitrogens is 1. The molecule has 0 atom stereocenters. The van der Waals surface area contributed by atoms with Crippen molar-refractivity contribution in [2.75, 3.05) is 0 Å². The van der Waals surface area contributed by atoms with Gasteiger partial charge < -0.3 is 31.6 Å². The van der Waals surface area contributed by atoms with Gasteiger partial charge in [-0.05, 0) is 12.1 Å². The number of primary amides is 1. The van der Waals surface area contributed by atoms with Gasteiger partial charge in [-0.2, -0.15) is 0 Å². The summed E-state index contributed by atoms with van der Waals surface area (Å²) in [7, 11) is 0. The van der Waals surface area contributed by atoms with Crippen molar-refractivity contribution in [3.05, 3.63) is 30.1 Å². The highest BCUT2D eigenvalue weighted by atomic mass is 16.4. The lowest BCUT2D eigenvalue weighted by molar-refractivity contribution is -0.170. The number of carbonyl (C=O) groups is 4. The zero-order valence-corrected chi connectivity index (χ0v) is 11.7. The molecule has 0 aliphatic heterocycles. The predicted octanol–water partition coefficient (Wildman–Crippen LogP) is -1.89. The monoisotopic (exact) mass is 332 g/mol. The number of rotatable bonds is 6. The van der Waals surface area contributed by atoms with Crippen LogP contribution in [0.25, 0.3) is 0 Å². The average molecular weight is 332 g/mol. The van der Waals surface area contributed by atoms with Crippen molar-refractivity contribution >= 4 is 23.8 Å². The van der Waals surface area contributed by atoms with Crippen LogP contribution < -0.4 is 5.73 Å². The average Bonchev–Trinajstić information content (AvgIpc) is 2.38. The summed E-state index contributed by atoms with van der Waals surface area (Å²) in [4.78, 5) is 44.5. The molecule has 0 aliphatic carbocycles. The van der Waals surface area contributed by atoms with E-state index >= 15 is 0 Å². The van der Waals surface area contributed by atoms with Crippen LogP contribution in [0.2, 0.25) is 0 Å². The largest absolute Gasteiger partial charge is 0.481 e. The van der Waals surface area contributed by atoms with E-state index in [1.54, 1.807) is 18.2 Å². The molecule has 11 nitrogen and oxygen atoms in total. The maximum Gasteiger partial charge on any atom is 0.336 e. The molecule has 0 spiro atoms. The minimum absolute atomic E-state index is 0. The Bertz CT molecular complexity index is 543. The molecule has 0 fully saturated rings. The summed E-state index contributed by atoms with van der Waals surface area (Å²) in [6.07, 6.45) is -0.761. The van der Waals surface area contributed by atoms with Gasteiger partial charge in [0.25, 0.3) is 5.91 Å².